The number of aromatic amines is 1. The number of hydrogen-bond donors (Lipinski definition) is 1. The van der Waals surface area contributed by atoms with Crippen LogP contribution < -0.4 is 0 Å². The van der Waals surface area contributed by atoms with E-state index in [9.17, 15) is 4.79 Å². The fourth-order valence-electron chi connectivity index (χ4n) is 1.87. The molecule has 0 aliphatic carbocycles. The minimum atomic E-state index is -0.268. The van der Waals surface area contributed by atoms with Gasteiger partial charge in [0.25, 0.3) is 0 Å². The van der Waals surface area contributed by atoms with Gasteiger partial charge in [-0.25, -0.2) is 4.98 Å². The first-order valence-electron chi connectivity index (χ1n) is 6.44. The number of carbonyl (C=O) groups is 1. The van der Waals surface area contributed by atoms with Gasteiger partial charge in [0.1, 0.15) is 5.25 Å². The quantitative estimate of drug-likeness (QED) is 0.679. The number of hydrogen-bond acceptors (Lipinski definition) is 4. The standard InChI is InChI=1S/C15H18N2O2S/c1-10-13(9-12-7-5-4-6-8-12)17-15(16-10)20-11(2)14(18)19-3/h4-8,11H,9H2,1-3H3,(H,16,17). The monoisotopic (exact) mass is 290 g/mol. The lowest BCUT2D eigenvalue weighted by molar-refractivity contribution is -0.139. The van der Waals surface area contributed by atoms with Crippen LogP contribution in [0.2, 0.25) is 0 Å². The summed E-state index contributed by atoms with van der Waals surface area (Å²) in [5, 5.41) is 0.487. The topological polar surface area (TPSA) is 55.0 Å². The number of methoxy groups -OCH3 is 1. The number of aryl methyl sites for hydroxylation is 1. The van der Waals surface area contributed by atoms with E-state index in [4.69, 9.17) is 4.74 Å². The lowest BCUT2D eigenvalue weighted by atomic mass is 10.1. The molecule has 0 bridgehead atoms. The van der Waals surface area contributed by atoms with Crippen LogP contribution in [0.1, 0.15) is 23.9 Å². The summed E-state index contributed by atoms with van der Waals surface area (Å²) in [5.74, 6) is -0.242. The second-order valence-electron chi connectivity index (χ2n) is 4.56. The molecule has 20 heavy (non-hydrogen) atoms. The second kappa shape index (κ2) is 6.61. The zero-order valence-corrected chi connectivity index (χ0v) is 12.7. The van der Waals surface area contributed by atoms with Crippen molar-refractivity contribution in [3.05, 3.63) is 47.3 Å². The highest BCUT2D eigenvalue weighted by Crippen LogP contribution is 2.23. The van der Waals surface area contributed by atoms with Gasteiger partial charge in [-0.1, -0.05) is 42.1 Å². The first-order chi connectivity index (χ1) is 9.60. The van der Waals surface area contributed by atoms with Crippen LogP contribution in [0.5, 0.6) is 0 Å². The number of aromatic nitrogens is 2. The van der Waals surface area contributed by atoms with Gasteiger partial charge in [-0.2, -0.15) is 0 Å². The Bertz CT molecular complexity index is 581. The molecule has 0 amide bonds. The number of imidazole rings is 1. The molecule has 5 heteroatoms. The Morgan fingerprint density at radius 2 is 2.10 bits per heavy atom. The maximum Gasteiger partial charge on any atom is 0.318 e. The van der Waals surface area contributed by atoms with Crippen molar-refractivity contribution in [3.63, 3.8) is 0 Å². The number of esters is 1. The van der Waals surface area contributed by atoms with Gasteiger partial charge in [0.2, 0.25) is 0 Å². The first-order valence-corrected chi connectivity index (χ1v) is 7.32. The predicted molar refractivity (Wildman–Crippen MR) is 79.9 cm³/mol. The Morgan fingerprint density at radius 3 is 2.75 bits per heavy atom. The highest BCUT2D eigenvalue weighted by atomic mass is 32.2. The molecule has 106 valence electrons. The number of carbonyl (C=O) groups excluding carboxylic acids is 1. The summed E-state index contributed by atoms with van der Waals surface area (Å²) in [6, 6.07) is 10.2. The molecule has 2 aromatic rings. The molecule has 0 radical (unpaired) electrons. The predicted octanol–water partition coefficient (Wildman–Crippen LogP) is 2.96. The van der Waals surface area contributed by atoms with E-state index in [0.717, 1.165) is 23.0 Å². The molecule has 0 fully saturated rings. The zero-order chi connectivity index (χ0) is 14.5. The highest BCUT2D eigenvalue weighted by molar-refractivity contribution is 8.00. The molecule has 1 N–H and O–H groups in total. The molecular formula is C15H18N2O2S. The van der Waals surface area contributed by atoms with E-state index in [0.29, 0.717) is 0 Å². The molecule has 1 atom stereocenters. The van der Waals surface area contributed by atoms with Crippen LogP contribution in [0.3, 0.4) is 0 Å². The summed E-state index contributed by atoms with van der Waals surface area (Å²) in [6.45, 7) is 3.81. The van der Waals surface area contributed by atoms with Crippen molar-refractivity contribution in [2.75, 3.05) is 7.11 Å². The molecule has 1 aromatic carbocycles. The molecule has 0 aliphatic rings. The van der Waals surface area contributed by atoms with Crippen molar-refractivity contribution >= 4 is 17.7 Å². The van der Waals surface area contributed by atoms with Crippen LogP contribution in [0.4, 0.5) is 0 Å². The van der Waals surface area contributed by atoms with Gasteiger partial charge in [0.15, 0.2) is 5.16 Å². The zero-order valence-electron chi connectivity index (χ0n) is 11.8. The fraction of sp³-hybridized carbons (Fsp3) is 0.333. The maximum atomic E-state index is 11.4. The normalized spacial score (nSPS) is 12.2. The van der Waals surface area contributed by atoms with Crippen LogP contribution in [0.25, 0.3) is 0 Å². The average Bonchev–Trinajstić information content (AvgIpc) is 2.79. The summed E-state index contributed by atoms with van der Waals surface area (Å²) in [4.78, 5) is 19.2. The molecule has 0 saturated heterocycles. The van der Waals surface area contributed by atoms with E-state index < -0.39 is 0 Å². The Morgan fingerprint density at radius 1 is 1.40 bits per heavy atom. The minimum absolute atomic E-state index is 0.242. The van der Waals surface area contributed by atoms with Crippen molar-refractivity contribution in [3.8, 4) is 0 Å². The van der Waals surface area contributed by atoms with E-state index in [2.05, 4.69) is 22.1 Å². The summed E-state index contributed by atoms with van der Waals surface area (Å²) in [7, 11) is 1.40. The Kier molecular flexibility index (Phi) is 4.84. The summed E-state index contributed by atoms with van der Waals surface area (Å²) in [5.41, 5.74) is 3.27. The molecule has 4 nitrogen and oxygen atoms in total. The molecule has 1 heterocycles. The number of ether oxygens (including phenoxy) is 1. The van der Waals surface area contributed by atoms with E-state index in [1.54, 1.807) is 0 Å². The largest absolute Gasteiger partial charge is 0.468 e. The van der Waals surface area contributed by atoms with Crippen molar-refractivity contribution in [2.24, 2.45) is 0 Å². The number of nitrogens with one attached hydrogen (secondary N) is 1. The molecule has 0 spiro atoms. The van der Waals surface area contributed by atoms with E-state index >= 15 is 0 Å². The van der Waals surface area contributed by atoms with Gasteiger partial charge in [0, 0.05) is 12.1 Å². The summed E-state index contributed by atoms with van der Waals surface area (Å²) >= 11 is 1.38. The number of nitrogens with zero attached hydrogens (tertiary/aromatic N) is 1. The average molecular weight is 290 g/mol. The van der Waals surface area contributed by atoms with Gasteiger partial charge < -0.3 is 9.72 Å². The van der Waals surface area contributed by atoms with Gasteiger partial charge in [-0.05, 0) is 19.4 Å². The Labute approximate surface area is 123 Å². The summed E-state index contributed by atoms with van der Waals surface area (Å²) < 4.78 is 4.72. The minimum Gasteiger partial charge on any atom is -0.468 e. The molecule has 1 aromatic heterocycles. The maximum absolute atomic E-state index is 11.4. The smallest absolute Gasteiger partial charge is 0.318 e. The van der Waals surface area contributed by atoms with E-state index in [-0.39, 0.29) is 11.2 Å². The molecule has 0 aliphatic heterocycles. The highest BCUT2D eigenvalue weighted by Gasteiger charge is 2.17. The van der Waals surface area contributed by atoms with Gasteiger partial charge in [0.05, 0.1) is 12.8 Å². The van der Waals surface area contributed by atoms with Crippen molar-refractivity contribution in [1.29, 1.82) is 0 Å². The third kappa shape index (κ3) is 3.63. The van der Waals surface area contributed by atoms with Crippen LogP contribution in [-0.2, 0) is 16.0 Å². The SMILES string of the molecule is COC(=O)C(C)Sc1nc(Cc2ccccc2)c(C)[nH]1. The van der Waals surface area contributed by atoms with Gasteiger partial charge >= 0.3 is 5.97 Å². The van der Waals surface area contributed by atoms with Gasteiger partial charge in [-0.15, -0.1) is 0 Å². The Balaban J connectivity index is 2.08. The third-order valence-corrected chi connectivity index (χ3v) is 3.96. The van der Waals surface area contributed by atoms with Crippen LogP contribution in [0, 0.1) is 6.92 Å². The van der Waals surface area contributed by atoms with E-state index in [1.165, 1.54) is 24.4 Å². The van der Waals surface area contributed by atoms with Gasteiger partial charge in [-0.3, -0.25) is 4.79 Å². The van der Waals surface area contributed by atoms with Crippen molar-refractivity contribution < 1.29 is 9.53 Å². The first kappa shape index (κ1) is 14.7. The lowest BCUT2D eigenvalue weighted by Gasteiger charge is -2.05. The van der Waals surface area contributed by atoms with Crippen LogP contribution in [0.15, 0.2) is 35.5 Å². The van der Waals surface area contributed by atoms with Crippen molar-refractivity contribution in [1.82, 2.24) is 9.97 Å². The number of rotatable bonds is 5. The third-order valence-electron chi connectivity index (χ3n) is 3.00. The second-order valence-corrected chi connectivity index (χ2v) is 5.89. The molecule has 0 saturated carbocycles. The number of benzene rings is 1. The number of H-pyrrole nitrogens is 1. The van der Waals surface area contributed by atoms with Crippen molar-refractivity contribution in [2.45, 2.75) is 30.7 Å². The van der Waals surface area contributed by atoms with Crippen LogP contribution >= 0.6 is 11.8 Å². The molecule has 1 unspecified atom stereocenters. The molecular weight excluding hydrogens is 272 g/mol. The lowest BCUT2D eigenvalue weighted by Crippen LogP contribution is -2.14. The fourth-order valence-corrected chi connectivity index (χ4v) is 2.77. The number of thioether (sulfide) groups is 1. The van der Waals surface area contributed by atoms with E-state index in [1.807, 2.05) is 32.0 Å². The summed E-state index contributed by atoms with van der Waals surface area (Å²) in [6.07, 6.45) is 0.788. The molecule has 2 rings (SSSR count). The Hall–Kier alpha value is -1.75. The van der Waals surface area contributed by atoms with Crippen LogP contribution in [-0.4, -0.2) is 28.3 Å².